The van der Waals surface area contributed by atoms with E-state index in [0.29, 0.717) is 11.0 Å². The molecule has 5 nitrogen and oxygen atoms in total. The summed E-state index contributed by atoms with van der Waals surface area (Å²) in [5, 5.41) is 8.93. The van der Waals surface area contributed by atoms with Crippen LogP contribution < -0.4 is 5.43 Å². The first-order valence-electron chi connectivity index (χ1n) is 5.25. The molecule has 0 N–H and O–H groups in total. The monoisotopic (exact) mass is 243 g/mol. The number of para-hydroxylation sites is 1. The number of esters is 1. The first-order chi connectivity index (χ1) is 8.61. The average Bonchev–Trinajstić information content (AvgIpc) is 2.38. The van der Waals surface area contributed by atoms with Gasteiger partial charge in [0.25, 0.3) is 0 Å². The maximum absolute atomic E-state index is 11.7. The summed E-state index contributed by atoms with van der Waals surface area (Å²) in [6.07, 6.45) is -0.894. The third-order valence-electron chi connectivity index (χ3n) is 2.30. The van der Waals surface area contributed by atoms with Gasteiger partial charge in [0, 0.05) is 6.07 Å². The third-order valence-corrected chi connectivity index (χ3v) is 2.30. The van der Waals surface area contributed by atoms with Crippen LogP contribution in [0, 0.1) is 11.3 Å². The van der Waals surface area contributed by atoms with Crippen LogP contribution in [0.5, 0.6) is 0 Å². The van der Waals surface area contributed by atoms with E-state index in [1.165, 1.54) is 6.92 Å². The van der Waals surface area contributed by atoms with Crippen LogP contribution in [0.15, 0.2) is 39.5 Å². The number of hydrogen-bond donors (Lipinski definition) is 0. The lowest BCUT2D eigenvalue weighted by Gasteiger charge is -2.05. The van der Waals surface area contributed by atoms with Crippen LogP contribution in [0.1, 0.15) is 17.5 Å². The molecule has 0 aliphatic rings. The first kappa shape index (κ1) is 11.9. The number of nitriles is 1. The summed E-state index contributed by atoms with van der Waals surface area (Å²) >= 11 is 0. The minimum absolute atomic E-state index is 0.208. The van der Waals surface area contributed by atoms with Crippen molar-refractivity contribution < 1.29 is 13.9 Å². The molecule has 0 aliphatic heterocycles. The molecule has 1 heterocycles. The lowest BCUT2D eigenvalue weighted by Crippen LogP contribution is -2.15. The van der Waals surface area contributed by atoms with Crippen molar-refractivity contribution in [3.05, 3.63) is 46.3 Å². The Hall–Kier alpha value is -2.61. The van der Waals surface area contributed by atoms with E-state index >= 15 is 0 Å². The SMILES string of the molecule is C[C@@H](C#N)OC(=O)c1cc(=O)c2ccccc2o1. The fourth-order valence-corrected chi connectivity index (χ4v) is 1.45. The van der Waals surface area contributed by atoms with E-state index in [4.69, 9.17) is 14.4 Å². The smallest absolute Gasteiger partial charge is 0.375 e. The predicted molar refractivity (Wildman–Crippen MR) is 63.0 cm³/mol. The van der Waals surface area contributed by atoms with Crippen LogP contribution in [0.4, 0.5) is 0 Å². The fourth-order valence-electron chi connectivity index (χ4n) is 1.45. The Morgan fingerprint density at radius 3 is 2.89 bits per heavy atom. The van der Waals surface area contributed by atoms with Crippen LogP contribution in [-0.4, -0.2) is 12.1 Å². The van der Waals surface area contributed by atoms with Gasteiger partial charge in [-0.15, -0.1) is 0 Å². The van der Waals surface area contributed by atoms with Crippen molar-refractivity contribution in [1.29, 1.82) is 5.26 Å². The van der Waals surface area contributed by atoms with E-state index in [9.17, 15) is 9.59 Å². The Morgan fingerprint density at radius 1 is 1.44 bits per heavy atom. The number of carbonyl (C=O) groups excluding carboxylic acids is 1. The maximum Gasteiger partial charge on any atom is 0.375 e. The number of benzene rings is 1. The molecule has 0 amide bonds. The van der Waals surface area contributed by atoms with E-state index < -0.39 is 12.1 Å². The molecule has 90 valence electrons. The zero-order valence-corrected chi connectivity index (χ0v) is 9.54. The van der Waals surface area contributed by atoms with Crippen molar-refractivity contribution in [2.45, 2.75) is 13.0 Å². The average molecular weight is 243 g/mol. The summed E-state index contributed by atoms with van der Waals surface area (Å²) in [4.78, 5) is 23.3. The van der Waals surface area contributed by atoms with Crippen LogP contribution in [0.25, 0.3) is 11.0 Å². The molecule has 1 atom stereocenters. The molecule has 0 radical (unpaired) electrons. The Morgan fingerprint density at radius 2 is 2.17 bits per heavy atom. The molecule has 0 fully saturated rings. The van der Waals surface area contributed by atoms with E-state index in [1.807, 2.05) is 0 Å². The van der Waals surface area contributed by atoms with Gasteiger partial charge in [-0.05, 0) is 19.1 Å². The van der Waals surface area contributed by atoms with Crippen molar-refractivity contribution in [3.8, 4) is 6.07 Å². The molecule has 0 saturated heterocycles. The highest BCUT2D eigenvalue weighted by atomic mass is 16.6. The summed E-state index contributed by atoms with van der Waals surface area (Å²) in [7, 11) is 0. The number of rotatable bonds is 2. The van der Waals surface area contributed by atoms with Gasteiger partial charge in [0.15, 0.2) is 11.5 Å². The van der Waals surface area contributed by atoms with Crippen molar-refractivity contribution in [2.75, 3.05) is 0 Å². The number of nitrogens with zero attached hydrogens (tertiary/aromatic N) is 1. The van der Waals surface area contributed by atoms with Gasteiger partial charge in [0.05, 0.1) is 5.39 Å². The second kappa shape index (κ2) is 4.72. The number of hydrogen-bond acceptors (Lipinski definition) is 5. The van der Waals surface area contributed by atoms with Gasteiger partial charge in [-0.1, -0.05) is 12.1 Å². The number of carbonyl (C=O) groups is 1. The van der Waals surface area contributed by atoms with E-state index in [-0.39, 0.29) is 11.2 Å². The van der Waals surface area contributed by atoms with Gasteiger partial charge in [0.1, 0.15) is 11.7 Å². The van der Waals surface area contributed by atoms with Crippen LogP contribution in [0.3, 0.4) is 0 Å². The summed E-state index contributed by atoms with van der Waals surface area (Å²) in [6.45, 7) is 1.43. The van der Waals surface area contributed by atoms with Crippen molar-refractivity contribution in [3.63, 3.8) is 0 Å². The normalized spacial score (nSPS) is 11.8. The summed E-state index contributed by atoms with van der Waals surface area (Å²) in [6, 6.07) is 9.40. The molecule has 1 aromatic heterocycles. The Bertz CT molecular complexity index is 696. The standard InChI is InChI=1S/C13H9NO4/c1-8(7-14)17-13(16)12-6-10(15)9-4-2-3-5-11(9)18-12/h2-6,8H,1H3/t8-/m0/s1. The van der Waals surface area contributed by atoms with Crippen molar-refractivity contribution >= 4 is 16.9 Å². The number of fused-ring (bicyclic) bond motifs is 1. The molecule has 0 unspecified atom stereocenters. The van der Waals surface area contributed by atoms with Crippen LogP contribution in [-0.2, 0) is 4.74 Å². The van der Waals surface area contributed by atoms with Gasteiger partial charge in [-0.25, -0.2) is 4.79 Å². The fraction of sp³-hybridized carbons (Fsp3) is 0.154. The molecular formula is C13H9NO4. The lowest BCUT2D eigenvalue weighted by atomic mass is 10.2. The Labute approximate surface area is 102 Å². The molecule has 5 heteroatoms. The summed E-state index contributed by atoms with van der Waals surface area (Å²) < 4.78 is 10.0. The van der Waals surface area contributed by atoms with Gasteiger partial charge in [0.2, 0.25) is 5.76 Å². The molecule has 0 bridgehead atoms. The van der Waals surface area contributed by atoms with Crippen molar-refractivity contribution in [1.82, 2.24) is 0 Å². The summed E-state index contributed by atoms with van der Waals surface area (Å²) in [5.41, 5.74) is -0.0185. The van der Waals surface area contributed by atoms with E-state index in [1.54, 1.807) is 30.3 Å². The highest BCUT2D eigenvalue weighted by molar-refractivity contribution is 5.89. The quantitative estimate of drug-likeness (QED) is 0.752. The molecule has 0 aliphatic carbocycles. The third kappa shape index (κ3) is 2.23. The largest absolute Gasteiger partial charge is 0.449 e. The molecule has 0 spiro atoms. The number of ether oxygens (including phenoxy) is 1. The second-order valence-corrected chi connectivity index (χ2v) is 3.65. The van der Waals surface area contributed by atoms with Crippen LogP contribution >= 0.6 is 0 Å². The first-order valence-corrected chi connectivity index (χ1v) is 5.25. The molecule has 2 rings (SSSR count). The highest BCUT2D eigenvalue weighted by Gasteiger charge is 2.16. The molecule has 2 aromatic rings. The zero-order valence-electron chi connectivity index (χ0n) is 9.54. The van der Waals surface area contributed by atoms with Crippen LogP contribution in [0.2, 0.25) is 0 Å². The Kier molecular flexibility index (Phi) is 3.11. The minimum atomic E-state index is -0.894. The van der Waals surface area contributed by atoms with Crippen molar-refractivity contribution in [2.24, 2.45) is 0 Å². The summed E-state index contributed by atoms with van der Waals surface area (Å²) in [5.74, 6) is -1.03. The van der Waals surface area contributed by atoms with Gasteiger partial charge >= 0.3 is 5.97 Å². The Balaban J connectivity index is 2.44. The molecular weight excluding hydrogens is 234 g/mol. The van der Waals surface area contributed by atoms with Gasteiger partial charge in [-0.3, -0.25) is 4.79 Å². The van der Waals surface area contributed by atoms with E-state index in [0.717, 1.165) is 6.07 Å². The highest BCUT2D eigenvalue weighted by Crippen LogP contribution is 2.12. The lowest BCUT2D eigenvalue weighted by molar-refractivity contribution is 0.0399. The maximum atomic E-state index is 11.7. The second-order valence-electron chi connectivity index (χ2n) is 3.65. The van der Waals surface area contributed by atoms with E-state index in [2.05, 4.69) is 0 Å². The minimum Gasteiger partial charge on any atom is -0.449 e. The zero-order chi connectivity index (χ0) is 13.1. The molecule has 18 heavy (non-hydrogen) atoms. The topological polar surface area (TPSA) is 80.3 Å². The van der Waals surface area contributed by atoms with Gasteiger partial charge < -0.3 is 9.15 Å². The molecule has 0 saturated carbocycles. The molecule has 1 aromatic carbocycles. The predicted octanol–water partition coefficient (Wildman–Crippen LogP) is 1.86. The van der Waals surface area contributed by atoms with Gasteiger partial charge in [-0.2, -0.15) is 5.26 Å².